The maximum atomic E-state index is 12.4. The molecule has 4 nitrogen and oxygen atoms in total. The van der Waals surface area contributed by atoms with Gasteiger partial charge in [0, 0.05) is 0 Å². The van der Waals surface area contributed by atoms with Gasteiger partial charge in [-0.3, -0.25) is 4.79 Å². The van der Waals surface area contributed by atoms with Crippen molar-refractivity contribution in [1.82, 2.24) is 5.32 Å². The van der Waals surface area contributed by atoms with Gasteiger partial charge in [-0.05, 0) is 6.42 Å². The van der Waals surface area contributed by atoms with Gasteiger partial charge in [0.05, 0.1) is 12.6 Å². The van der Waals surface area contributed by atoms with Crippen LogP contribution in [0.4, 0.5) is 8.78 Å². The van der Waals surface area contributed by atoms with E-state index in [0.717, 1.165) is 0 Å². The highest BCUT2D eigenvalue weighted by molar-refractivity contribution is 5.79. The van der Waals surface area contributed by atoms with Crippen molar-refractivity contribution in [2.24, 2.45) is 5.73 Å². The molecule has 0 fully saturated rings. The van der Waals surface area contributed by atoms with E-state index in [4.69, 9.17) is 10.8 Å². The second kappa shape index (κ2) is 5.08. The fraction of sp³-hybridized carbons (Fsp3) is 0.857. The van der Waals surface area contributed by atoms with E-state index in [9.17, 15) is 13.6 Å². The summed E-state index contributed by atoms with van der Waals surface area (Å²) in [6.45, 7) is -0.334. The Morgan fingerprint density at radius 2 is 2.23 bits per heavy atom. The van der Waals surface area contributed by atoms with Crippen LogP contribution in [0.2, 0.25) is 0 Å². The summed E-state index contributed by atoms with van der Waals surface area (Å²) in [6.07, 6.45) is 0.344. The first kappa shape index (κ1) is 12.2. The third kappa shape index (κ3) is 4.74. The van der Waals surface area contributed by atoms with E-state index in [1.165, 1.54) is 0 Å². The van der Waals surface area contributed by atoms with E-state index in [-0.39, 0.29) is 0 Å². The van der Waals surface area contributed by atoms with Crippen LogP contribution >= 0.6 is 0 Å². The summed E-state index contributed by atoms with van der Waals surface area (Å²) in [5.74, 6) is -3.88. The molecule has 4 N–H and O–H groups in total. The molecule has 0 spiro atoms. The highest BCUT2D eigenvalue weighted by Crippen LogP contribution is 2.10. The molecule has 0 aromatic rings. The third-order valence-corrected chi connectivity index (χ3v) is 1.59. The van der Waals surface area contributed by atoms with Crippen molar-refractivity contribution in [2.45, 2.75) is 25.3 Å². The first-order chi connectivity index (χ1) is 5.93. The van der Waals surface area contributed by atoms with Crippen LogP contribution in [-0.2, 0) is 4.79 Å². The fourth-order valence-electron chi connectivity index (χ4n) is 0.775. The van der Waals surface area contributed by atoms with Gasteiger partial charge in [-0.25, -0.2) is 8.78 Å². The lowest BCUT2D eigenvalue weighted by Gasteiger charge is -2.18. The number of aliphatic hydroxyl groups excluding tert-OH is 1. The Balaban J connectivity index is 3.92. The number of amides is 1. The molecule has 0 aliphatic heterocycles. The lowest BCUT2D eigenvalue weighted by molar-refractivity contribution is -0.120. The standard InChI is InChI=1S/C7H14F2N2O2/c1-2-5(6(10)13)11-3-7(8,9)4-12/h5,11-12H,2-4H2,1H3,(H2,10,13). The summed E-state index contributed by atoms with van der Waals surface area (Å²) >= 11 is 0. The minimum Gasteiger partial charge on any atom is -0.390 e. The first-order valence-corrected chi connectivity index (χ1v) is 3.94. The highest BCUT2D eigenvalue weighted by Gasteiger charge is 2.29. The lowest BCUT2D eigenvalue weighted by Crippen LogP contribution is -2.46. The summed E-state index contributed by atoms with van der Waals surface area (Å²) in [4.78, 5) is 10.6. The molecular weight excluding hydrogens is 182 g/mol. The molecule has 0 saturated heterocycles. The van der Waals surface area contributed by atoms with E-state index in [1.54, 1.807) is 6.92 Å². The van der Waals surface area contributed by atoms with Crippen LogP contribution < -0.4 is 11.1 Å². The molecule has 6 heteroatoms. The summed E-state index contributed by atoms with van der Waals surface area (Å²) < 4.78 is 24.9. The number of halogens is 2. The summed E-state index contributed by atoms with van der Waals surface area (Å²) in [6, 6.07) is -0.766. The van der Waals surface area contributed by atoms with Gasteiger partial charge in [0.25, 0.3) is 5.92 Å². The molecule has 0 aliphatic rings. The number of nitrogens with one attached hydrogen (secondary N) is 1. The number of rotatable bonds is 6. The second-order valence-electron chi connectivity index (χ2n) is 2.76. The average molecular weight is 196 g/mol. The summed E-state index contributed by atoms with van der Waals surface area (Å²) in [5, 5.41) is 10.5. The van der Waals surface area contributed by atoms with Gasteiger partial charge in [-0.1, -0.05) is 6.92 Å². The lowest BCUT2D eigenvalue weighted by atomic mass is 10.2. The number of hydrogen-bond acceptors (Lipinski definition) is 3. The Bertz CT molecular complexity index is 176. The van der Waals surface area contributed by atoms with E-state index in [1.807, 2.05) is 0 Å². The predicted octanol–water partition coefficient (Wildman–Crippen LogP) is -0.533. The molecule has 0 rings (SSSR count). The molecule has 0 bridgehead atoms. The predicted molar refractivity (Wildman–Crippen MR) is 43.3 cm³/mol. The number of nitrogens with two attached hydrogens (primary N) is 1. The van der Waals surface area contributed by atoms with Gasteiger partial charge >= 0.3 is 0 Å². The molecule has 1 amide bonds. The summed E-state index contributed by atoms with van der Waals surface area (Å²) in [7, 11) is 0. The van der Waals surface area contributed by atoms with Crippen molar-refractivity contribution >= 4 is 5.91 Å². The molecule has 0 radical (unpaired) electrons. The van der Waals surface area contributed by atoms with E-state index in [2.05, 4.69) is 5.32 Å². The second-order valence-corrected chi connectivity index (χ2v) is 2.76. The van der Waals surface area contributed by atoms with Gasteiger partial charge in [0.15, 0.2) is 0 Å². The van der Waals surface area contributed by atoms with Crippen LogP contribution in [-0.4, -0.2) is 36.1 Å². The quantitative estimate of drug-likeness (QED) is 0.534. The topological polar surface area (TPSA) is 75.3 Å². The fourth-order valence-corrected chi connectivity index (χ4v) is 0.775. The number of aliphatic hydroxyl groups is 1. The summed E-state index contributed by atoms with van der Waals surface area (Å²) in [5.41, 5.74) is 4.91. The maximum absolute atomic E-state index is 12.4. The van der Waals surface area contributed by atoms with Crippen molar-refractivity contribution < 1.29 is 18.7 Å². The smallest absolute Gasteiger partial charge is 0.282 e. The van der Waals surface area contributed by atoms with Crippen molar-refractivity contribution in [2.75, 3.05) is 13.2 Å². The van der Waals surface area contributed by atoms with Crippen molar-refractivity contribution in [1.29, 1.82) is 0 Å². The largest absolute Gasteiger partial charge is 0.390 e. The third-order valence-electron chi connectivity index (χ3n) is 1.59. The Morgan fingerprint density at radius 1 is 1.69 bits per heavy atom. The zero-order valence-electron chi connectivity index (χ0n) is 7.39. The van der Waals surface area contributed by atoms with Crippen LogP contribution in [0.15, 0.2) is 0 Å². The van der Waals surface area contributed by atoms with Crippen LogP contribution in [0.5, 0.6) is 0 Å². The molecule has 0 heterocycles. The van der Waals surface area contributed by atoms with Crippen molar-refractivity contribution in [3.63, 3.8) is 0 Å². The zero-order valence-corrected chi connectivity index (χ0v) is 7.39. The molecular formula is C7H14F2N2O2. The number of carbonyl (C=O) groups is 1. The van der Waals surface area contributed by atoms with Crippen molar-refractivity contribution in [3.8, 4) is 0 Å². The van der Waals surface area contributed by atoms with Crippen molar-refractivity contribution in [3.05, 3.63) is 0 Å². The highest BCUT2D eigenvalue weighted by atomic mass is 19.3. The molecule has 1 atom stereocenters. The number of alkyl halides is 2. The average Bonchev–Trinajstić information content (AvgIpc) is 2.05. The van der Waals surface area contributed by atoms with Crippen LogP contribution in [0.1, 0.15) is 13.3 Å². The Kier molecular flexibility index (Phi) is 4.79. The van der Waals surface area contributed by atoms with Gasteiger partial charge in [-0.15, -0.1) is 0 Å². The molecule has 0 aromatic carbocycles. The van der Waals surface area contributed by atoms with Gasteiger partial charge < -0.3 is 16.2 Å². The van der Waals surface area contributed by atoms with E-state index < -0.39 is 31.0 Å². The first-order valence-electron chi connectivity index (χ1n) is 3.94. The Hall–Kier alpha value is -0.750. The monoisotopic (exact) mass is 196 g/mol. The minimum atomic E-state index is -3.21. The van der Waals surface area contributed by atoms with Crippen LogP contribution in [0.25, 0.3) is 0 Å². The van der Waals surface area contributed by atoms with Crippen LogP contribution in [0.3, 0.4) is 0 Å². The minimum absolute atomic E-state index is 0.344. The molecule has 78 valence electrons. The molecule has 13 heavy (non-hydrogen) atoms. The molecule has 1 unspecified atom stereocenters. The SMILES string of the molecule is CCC(NCC(F)(F)CO)C(N)=O. The number of primary amides is 1. The van der Waals surface area contributed by atoms with E-state index in [0.29, 0.717) is 6.42 Å². The molecule has 0 aromatic heterocycles. The van der Waals surface area contributed by atoms with Crippen LogP contribution in [0, 0.1) is 0 Å². The van der Waals surface area contributed by atoms with Gasteiger partial charge in [0.2, 0.25) is 5.91 Å². The normalized spacial score (nSPS) is 14.2. The van der Waals surface area contributed by atoms with Gasteiger partial charge in [-0.2, -0.15) is 0 Å². The molecule has 0 saturated carbocycles. The molecule has 0 aliphatic carbocycles. The van der Waals surface area contributed by atoms with E-state index >= 15 is 0 Å². The Morgan fingerprint density at radius 3 is 2.54 bits per heavy atom. The zero-order chi connectivity index (χ0) is 10.5. The number of carbonyl (C=O) groups excluding carboxylic acids is 1. The Labute approximate surface area is 75.1 Å². The number of hydrogen-bond donors (Lipinski definition) is 3. The maximum Gasteiger partial charge on any atom is 0.282 e. The van der Waals surface area contributed by atoms with Gasteiger partial charge in [0.1, 0.15) is 6.61 Å².